The second-order valence-electron chi connectivity index (χ2n) is 3.29. The van der Waals surface area contributed by atoms with Crippen LogP contribution in [0, 0.1) is 5.82 Å². The summed E-state index contributed by atoms with van der Waals surface area (Å²) >= 11 is 0. The average molecular weight is 235 g/mol. The lowest BCUT2D eigenvalue weighted by Gasteiger charge is -2.06. The number of benzene rings is 1. The molecular weight excluding hydrogens is 225 g/mol. The zero-order valence-corrected chi connectivity index (χ0v) is 8.80. The van der Waals surface area contributed by atoms with E-state index in [9.17, 15) is 4.39 Å². The molecular formula is C11H10FN3O2. The lowest BCUT2D eigenvalue weighted by molar-refractivity contribution is 0.281. The number of aromatic nitrogens is 2. The van der Waals surface area contributed by atoms with E-state index in [0.717, 1.165) is 11.8 Å². The fraction of sp³-hybridized carbons (Fsp3) is 0.0909. The van der Waals surface area contributed by atoms with Gasteiger partial charge in [0, 0.05) is 0 Å². The maximum atomic E-state index is 13.3. The maximum absolute atomic E-state index is 13.3. The highest BCUT2D eigenvalue weighted by Gasteiger charge is 2.07. The van der Waals surface area contributed by atoms with E-state index >= 15 is 0 Å². The Morgan fingerprint density at radius 1 is 1.29 bits per heavy atom. The number of aliphatic hydroxyl groups is 1. The Bertz CT molecular complexity index is 517. The summed E-state index contributed by atoms with van der Waals surface area (Å²) in [5.74, 6) is -0.577. The van der Waals surface area contributed by atoms with Crippen molar-refractivity contribution >= 4 is 5.95 Å². The van der Waals surface area contributed by atoms with Gasteiger partial charge in [0.1, 0.15) is 5.75 Å². The standard InChI is InChI=1S/C11H10FN3O2/c12-9-5-14-11(13)15-10(9)17-8-3-1-7(6-16)2-4-8/h1-5,16H,6H2,(H2,13,14,15). The summed E-state index contributed by atoms with van der Waals surface area (Å²) in [6.07, 6.45) is 0.944. The molecule has 0 aliphatic heterocycles. The highest BCUT2D eigenvalue weighted by molar-refractivity contribution is 5.32. The molecule has 6 heteroatoms. The molecule has 1 aromatic carbocycles. The van der Waals surface area contributed by atoms with Gasteiger partial charge in [0.15, 0.2) is 0 Å². The molecule has 2 aromatic rings. The van der Waals surface area contributed by atoms with Crippen molar-refractivity contribution in [3.63, 3.8) is 0 Å². The molecule has 0 radical (unpaired) electrons. The van der Waals surface area contributed by atoms with Crippen molar-refractivity contribution in [3.8, 4) is 11.6 Å². The van der Waals surface area contributed by atoms with Crippen LogP contribution in [0.4, 0.5) is 10.3 Å². The van der Waals surface area contributed by atoms with Gasteiger partial charge in [-0.2, -0.15) is 9.37 Å². The molecule has 0 unspecified atom stereocenters. The van der Waals surface area contributed by atoms with Crippen molar-refractivity contribution in [2.75, 3.05) is 5.73 Å². The Hall–Kier alpha value is -2.21. The number of nitrogen functional groups attached to an aromatic ring is 1. The van der Waals surface area contributed by atoms with Crippen LogP contribution in [0.1, 0.15) is 5.56 Å². The predicted molar refractivity (Wildman–Crippen MR) is 58.8 cm³/mol. The maximum Gasteiger partial charge on any atom is 0.260 e. The quantitative estimate of drug-likeness (QED) is 0.842. The van der Waals surface area contributed by atoms with E-state index in [0.29, 0.717) is 5.75 Å². The van der Waals surface area contributed by atoms with Crippen molar-refractivity contribution in [1.29, 1.82) is 0 Å². The number of nitrogens with zero attached hydrogens (tertiary/aromatic N) is 2. The molecule has 0 amide bonds. The summed E-state index contributed by atoms with van der Waals surface area (Å²) in [5, 5.41) is 8.86. The molecule has 0 aliphatic carbocycles. The van der Waals surface area contributed by atoms with E-state index in [1.165, 1.54) is 0 Å². The molecule has 0 fully saturated rings. The van der Waals surface area contributed by atoms with Gasteiger partial charge < -0.3 is 15.6 Å². The SMILES string of the molecule is Nc1ncc(F)c(Oc2ccc(CO)cc2)n1. The first kappa shape index (κ1) is 11.3. The van der Waals surface area contributed by atoms with E-state index in [1.54, 1.807) is 24.3 Å². The molecule has 3 N–H and O–H groups in total. The van der Waals surface area contributed by atoms with Gasteiger partial charge in [0.25, 0.3) is 5.88 Å². The molecule has 1 aromatic heterocycles. The normalized spacial score (nSPS) is 10.2. The van der Waals surface area contributed by atoms with Gasteiger partial charge >= 0.3 is 0 Å². The Labute approximate surface area is 96.7 Å². The molecule has 0 saturated heterocycles. The first-order valence-electron chi connectivity index (χ1n) is 4.84. The van der Waals surface area contributed by atoms with E-state index in [4.69, 9.17) is 15.6 Å². The van der Waals surface area contributed by atoms with Gasteiger partial charge in [-0.1, -0.05) is 12.1 Å². The van der Waals surface area contributed by atoms with Crippen LogP contribution in [0.15, 0.2) is 30.5 Å². The van der Waals surface area contributed by atoms with Crippen molar-refractivity contribution < 1.29 is 14.2 Å². The van der Waals surface area contributed by atoms with Crippen LogP contribution >= 0.6 is 0 Å². The Balaban J connectivity index is 2.22. The lowest BCUT2D eigenvalue weighted by atomic mass is 10.2. The third-order valence-corrected chi connectivity index (χ3v) is 2.05. The van der Waals surface area contributed by atoms with E-state index in [2.05, 4.69) is 9.97 Å². The van der Waals surface area contributed by atoms with Crippen LogP contribution in [0.2, 0.25) is 0 Å². The molecule has 88 valence electrons. The fourth-order valence-electron chi connectivity index (χ4n) is 1.21. The summed E-state index contributed by atoms with van der Waals surface area (Å²) in [6.45, 7) is -0.0604. The predicted octanol–water partition coefficient (Wildman–Crippen LogP) is 1.48. The summed E-state index contributed by atoms with van der Waals surface area (Å²) in [7, 11) is 0. The number of aliphatic hydroxyl groups excluding tert-OH is 1. The first-order valence-corrected chi connectivity index (χ1v) is 4.84. The highest BCUT2D eigenvalue weighted by atomic mass is 19.1. The van der Waals surface area contributed by atoms with Gasteiger partial charge in [-0.3, -0.25) is 0 Å². The zero-order chi connectivity index (χ0) is 12.3. The highest BCUT2D eigenvalue weighted by Crippen LogP contribution is 2.22. The van der Waals surface area contributed by atoms with Crippen LogP contribution in [-0.4, -0.2) is 15.1 Å². The van der Waals surface area contributed by atoms with Crippen LogP contribution in [0.3, 0.4) is 0 Å². The fourth-order valence-corrected chi connectivity index (χ4v) is 1.21. The third kappa shape index (κ3) is 2.67. The molecule has 0 aliphatic rings. The van der Waals surface area contributed by atoms with E-state index in [1.807, 2.05) is 0 Å². The number of hydrogen-bond acceptors (Lipinski definition) is 5. The van der Waals surface area contributed by atoms with E-state index in [-0.39, 0.29) is 18.4 Å². The Morgan fingerprint density at radius 3 is 2.65 bits per heavy atom. The monoisotopic (exact) mass is 235 g/mol. The molecule has 1 heterocycles. The minimum Gasteiger partial charge on any atom is -0.436 e. The summed E-state index contributed by atoms with van der Waals surface area (Å²) < 4.78 is 18.5. The largest absolute Gasteiger partial charge is 0.436 e. The molecule has 0 bridgehead atoms. The summed E-state index contributed by atoms with van der Waals surface area (Å²) in [4.78, 5) is 7.12. The average Bonchev–Trinajstić information content (AvgIpc) is 2.35. The van der Waals surface area contributed by atoms with Gasteiger partial charge in [0.05, 0.1) is 12.8 Å². The molecule has 17 heavy (non-hydrogen) atoms. The van der Waals surface area contributed by atoms with Gasteiger partial charge in [-0.15, -0.1) is 0 Å². The topological polar surface area (TPSA) is 81.3 Å². The Kier molecular flexibility index (Phi) is 3.15. The lowest BCUT2D eigenvalue weighted by Crippen LogP contribution is -1.99. The number of nitrogens with two attached hydrogens (primary N) is 1. The van der Waals surface area contributed by atoms with Gasteiger partial charge in [-0.05, 0) is 17.7 Å². The molecule has 0 atom stereocenters. The summed E-state index contributed by atoms with van der Waals surface area (Å²) in [6, 6.07) is 6.53. The van der Waals surface area contributed by atoms with Crippen molar-refractivity contribution in [2.45, 2.75) is 6.61 Å². The smallest absolute Gasteiger partial charge is 0.260 e. The van der Waals surface area contributed by atoms with E-state index < -0.39 is 5.82 Å². The van der Waals surface area contributed by atoms with Crippen LogP contribution < -0.4 is 10.5 Å². The van der Waals surface area contributed by atoms with Crippen LogP contribution in [0.5, 0.6) is 11.6 Å². The molecule has 5 nitrogen and oxygen atoms in total. The summed E-state index contributed by atoms with van der Waals surface area (Å²) in [5.41, 5.74) is 6.06. The van der Waals surface area contributed by atoms with Gasteiger partial charge in [-0.25, -0.2) is 4.98 Å². The second-order valence-corrected chi connectivity index (χ2v) is 3.29. The Morgan fingerprint density at radius 2 is 2.00 bits per heavy atom. The number of rotatable bonds is 3. The number of anilines is 1. The molecule has 0 spiro atoms. The van der Waals surface area contributed by atoms with Crippen LogP contribution in [-0.2, 0) is 6.61 Å². The number of ether oxygens (including phenoxy) is 1. The number of hydrogen-bond donors (Lipinski definition) is 2. The molecule has 0 saturated carbocycles. The minimum atomic E-state index is -0.689. The second kappa shape index (κ2) is 4.75. The minimum absolute atomic E-state index is 0.0604. The van der Waals surface area contributed by atoms with Crippen molar-refractivity contribution in [2.24, 2.45) is 0 Å². The third-order valence-electron chi connectivity index (χ3n) is 2.05. The van der Waals surface area contributed by atoms with Crippen molar-refractivity contribution in [3.05, 3.63) is 41.8 Å². The van der Waals surface area contributed by atoms with Gasteiger partial charge in [0.2, 0.25) is 11.8 Å². The zero-order valence-electron chi connectivity index (χ0n) is 8.80. The van der Waals surface area contributed by atoms with Crippen molar-refractivity contribution in [1.82, 2.24) is 9.97 Å². The first-order chi connectivity index (χ1) is 8.19. The van der Waals surface area contributed by atoms with Crippen LogP contribution in [0.25, 0.3) is 0 Å². The number of halogens is 1. The molecule has 2 rings (SSSR count).